The zero-order valence-corrected chi connectivity index (χ0v) is 18.5. The number of thiophene rings is 1. The molecule has 0 radical (unpaired) electrons. The van der Waals surface area contributed by atoms with Gasteiger partial charge in [-0.2, -0.15) is 0 Å². The van der Waals surface area contributed by atoms with Crippen molar-refractivity contribution >= 4 is 38.6 Å². The number of carbonyl (C=O) groups is 1. The Morgan fingerprint density at radius 2 is 1.97 bits per heavy atom. The van der Waals surface area contributed by atoms with Crippen LogP contribution in [0.4, 0.5) is 20.2 Å². The Balaban J connectivity index is 1.73. The zero-order valence-electron chi connectivity index (χ0n) is 16.9. The first-order valence-corrected chi connectivity index (χ1v) is 12.3. The number of hydrogen-bond acceptors (Lipinski definition) is 4. The van der Waals surface area contributed by atoms with Crippen molar-refractivity contribution in [1.82, 2.24) is 0 Å². The number of halogens is 2. The van der Waals surface area contributed by atoms with Crippen LogP contribution < -0.4 is 9.21 Å². The Morgan fingerprint density at radius 1 is 1.19 bits per heavy atom. The van der Waals surface area contributed by atoms with Crippen LogP contribution in [0.2, 0.25) is 0 Å². The predicted molar refractivity (Wildman–Crippen MR) is 118 cm³/mol. The van der Waals surface area contributed by atoms with Gasteiger partial charge in [-0.25, -0.2) is 17.2 Å². The first-order valence-electron chi connectivity index (χ1n) is 9.57. The van der Waals surface area contributed by atoms with Gasteiger partial charge in [0.1, 0.15) is 11.6 Å². The Morgan fingerprint density at radius 3 is 2.61 bits per heavy atom. The van der Waals surface area contributed by atoms with E-state index in [2.05, 4.69) is 0 Å². The molecule has 9 heteroatoms. The summed E-state index contributed by atoms with van der Waals surface area (Å²) in [4.78, 5) is 15.5. The second-order valence-corrected chi connectivity index (χ2v) is 10.4. The second-order valence-electron chi connectivity index (χ2n) is 7.52. The molecule has 1 amide bonds. The van der Waals surface area contributed by atoms with Gasteiger partial charge in [0, 0.05) is 22.5 Å². The largest absolute Gasteiger partial charge is 0.300 e. The molecule has 2 aromatic carbocycles. The average molecular weight is 463 g/mol. The normalized spacial score (nSPS) is 15.7. The molecule has 1 aromatic heterocycles. The maximum absolute atomic E-state index is 14.6. The molecule has 162 valence electrons. The fourth-order valence-electron chi connectivity index (χ4n) is 3.92. The maximum atomic E-state index is 14.6. The van der Waals surface area contributed by atoms with Crippen molar-refractivity contribution in [2.75, 3.05) is 15.5 Å². The fourth-order valence-corrected chi connectivity index (χ4v) is 5.88. The summed E-state index contributed by atoms with van der Waals surface area (Å²) in [5.74, 6) is -2.01. The van der Waals surface area contributed by atoms with E-state index in [0.29, 0.717) is 17.7 Å². The first kappa shape index (κ1) is 21.5. The molecule has 1 aliphatic rings. The lowest BCUT2D eigenvalue weighted by molar-refractivity contribution is 0.0984. The van der Waals surface area contributed by atoms with Crippen molar-refractivity contribution in [3.8, 4) is 0 Å². The number of anilines is 2. The molecule has 0 bridgehead atoms. The minimum absolute atomic E-state index is 0.0218. The molecule has 0 saturated carbocycles. The van der Waals surface area contributed by atoms with Crippen LogP contribution in [0.3, 0.4) is 0 Å². The lowest BCUT2D eigenvalue weighted by atomic mass is 10.1. The fraction of sp³-hybridized carbons (Fsp3) is 0.227. The third-order valence-corrected chi connectivity index (χ3v) is 7.31. The van der Waals surface area contributed by atoms with Gasteiger partial charge in [0.25, 0.3) is 5.91 Å². The van der Waals surface area contributed by atoms with Crippen LogP contribution in [0.15, 0.2) is 53.9 Å². The molecule has 0 spiro atoms. The molecule has 0 fully saturated rings. The van der Waals surface area contributed by atoms with Crippen molar-refractivity contribution in [1.29, 1.82) is 0 Å². The van der Waals surface area contributed by atoms with Gasteiger partial charge in [-0.05, 0) is 60.7 Å². The lowest BCUT2D eigenvalue weighted by Gasteiger charge is -2.24. The van der Waals surface area contributed by atoms with E-state index in [9.17, 15) is 22.0 Å². The number of benzene rings is 2. The molecule has 0 aliphatic carbocycles. The molecule has 1 aliphatic heterocycles. The summed E-state index contributed by atoms with van der Waals surface area (Å²) in [6, 6.07) is 11.3. The van der Waals surface area contributed by atoms with E-state index in [1.807, 2.05) is 17.5 Å². The van der Waals surface area contributed by atoms with Gasteiger partial charge in [0.05, 0.1) is 24.2 Å². The Labute approximate surface area is 183 Å². The molecular weight excluding hydrogens is 442 g/mol. The van der Waals surface area contributed by atoms with Crippen LogP contribution >= 0.6 is 11.3 Å². The van der Waals surface area contributed by atoms with Crippen molar-refractivity contribution in [3.05, 3.63) is 81.5 Å². The topological polar surface area (TPSA) is 57.7 Å². The molecule has 2 heterocycles. The standard InChI is InChI=1S/C22H20F2N2O3S2/c1-14-10-16-11-15(5-7-20(16)26(14)31(2,28)29)22(27)25(13-18-4-3-9-30-18)21-8-6-17(23)12-19(21)24/h3-9,11-12,14H,10,13H2,1-2H3. The van der Waals surface area contributed by atoms with Gasteiger partial charge >= 0.3 is 0 Å². The first-order chi connectivity index (χ1) is 14.6. The second kappa shape index (κ2) is 8.05. The highest BCUT2D eigenvalue weighted by Crippen LogP contribution is 2.35. The van der Waals surface area contributed by atoms with E-state index in [1.54, 1.807) is 25.1 Å². The van der Waals surface area contributed by atoms with Gasteiger partial charge in [-0.3, -0.25) is 9.10 Å². The molecule has 0 saturated heterocycles. The van der Waals surface area contributed by atoms with Gasteiger partial charge in [-0.15, -0.1) is 11.3 Å². The van der Waals surface area contributed by atoms with E-state index >= 15 is 0 Å². The van der Waals surface area contributed by atoms with Gasteiger partial charge < -0.3 is 4.90 Å². The monoisotopic (exact) mass is 462 g/mol. The number of carbonyl (C=O) groups excluding carboxylic acids is 1. The summed E-state index contributed by atoms with van der Waals surface area (Å²) in [7, 11) is -3.45. The summed E-state index contributed by atoms with van der Waals surface area (Å²) in [6.45, 7) is 1.93. The summed E-state index contributed by atoms with van der Waals surface area (Å²) in [5.41, 5.74) is 1.57. The Bertz CT molecular complexity index is 1240. The Hall–Kier alpha value is -2.78. The van der Waals surface area contributed by atoms with Crippen LogP contribution in [-0.2, 0) is 23.0 Å². The van der Waals surface area contributed by atoms with Crippen molar-refractivity contribution in [2.24, 2.45) is 0 Å². The van der Waals surface area contributed by atoms with Crippen molar-refractivity contribution in [3.63, 3.8) is 0 Å². The molecule has 5 nitrogen and oxygen atoms in total. The molecule has 1 atom stereocenters. The van der Waals surface area contributed by atoms with E-state index in [-0.39, 0.29) is 18.3 Å². The predicted octanol–water partition coefficient (Wildman–Crippen LogP) is 4.58. The van der Waals surface area contributed by atoms with Crippen LogP contribution in [-0.4, -0.2) is 26.6 Å². The highest BCUT2D eigenvalue weighted by molar-refractivity contribution is 7.92. The summed E-state index contributed by atoms with van der Waals surface area (Å²) >= 11 is 1.43. The average Bonchev–Trinajstić information content (AvgIpc) is 3.31. The third kappa shape index (κ3) is 4.20. The minimum Gasteiger partial charge on any atom is -0.300 e. The summed E-state index contributed by atoms with van der Waals surface area (Å²) < 4.78 is 53.6. The highest BCUT2D eigenvalue weighted by Gasteiger charge is 2.33. The smallest absolute Gasteiger partial charge is 0.258 e. The van der Waals surface area contributed by atoms with Gasteiger partial charge in [0.2, 0.25) is 10.0 Å². The number of amides is 1. The Kier molecular flexibility index (Phi) is 5.57. The SMILES string of the molecule is CC1Cc2cc(C(=O)N(Cc3cccs3)c3ccc(F)cc3F)ccc2N1S(C)(=O)=O. The number of fused-ring (bicyclic) bond motifs is 1. The molecule has 0 N–H and O–H groups in total. The van der Waals surface area contributed by atoms with Gasteiger partial charge in [-0.1, -0.05) is 6.07 Å². The third-order valence-electron chi connectivity index (χ3n) is 5.18. The number of sulfonamides is 1. The van der Waals surface area contributed by atoms with E-state index in [4.69, 9.17) is 0 Å². The molecular formula is C22H20F2N2O3S2. The number of hydrogen-bond donors (Lipinski definition) is 0. The lowest BCUT2D eigenvalue weighted by Crippen LogP contribution is -2.34. The van der Waals surface area contributed by atoms with Crippen molar-refractivity contribution < 1.29 is 22.0 Å². The molecule has 1 unspecified atom stereocenters. The molecule has 31 heavy (non-hydrogen) atoms. The van der Waals surface area contributed by atoms with Crippen LogP contribution in [0.1, 0.15) is 27.7 Å². The van der Waals surface area contributed by atoms with Crippen LogP contribution in [0, 0.1) is 11.6 Å². The number of rotatable bonds is 5. The number of nitrogens with zero attached hydrogens (tertiary/aromatic N) is 2. The van der Waals surface area contributed by atoms with Crippen molar-refractivity contribution in [2.45, 2.75) is 25.9 Å². The highest BCUT2D eigenvalue weighted by atomic mass is 32.2. The maximum Gasteiger partial charge on any atom is 0.258 e. The zero-order chi connectivity index (χ0) is 22.3. The van der Waals surface area contributed by atoms with Crippen LogP contribution in [0.5, 0.6) is 0 Å². The minimum atomic E-state index is -3.45. The summed E-state index contributed by atoms with van der Waals surface area (Å²) in [6.07, 6.45) is 1.62. The molecule has 4 rings (SSSR count). The van der Waals surface area contributed by atoms with E-state index < -0.39 is 27.6 Å². The molecule has 3 aromatic rings. The van der Waals surface area contributed by atoms with E-state index in [1.165, 1.54) is 26.6 Å². The van der Waals surface area contributed by atoms with Gasteiger partial charge in [0.15, 0.2) is 0 Å². The van der Waals surface area contributed by atoms with Crippen LogP contribution in [0.25, 0.3) is 0 Å². The summed E-state index contributed by atoms with van der Waals surface area (Å²) in [5, 5.41) is 1.86. The quantitative estimate of drug-likeness (QED) is 0.558. The van der Waals surface area contributed by atoms with E-state index in [0.717, 1.165) is 28.8 Å².